The molecule has 14 heavy (non-hydrogen) atoms. The standard InChI is InChI=1S/C11H11FO2/c12-9-6-11-8(3-5-14-11)2-1-4-10(9,11)7-13/h1,4,6-8H,2-3,5H2. The van der Waals surface area contributed by atoms with Gasteiger partial charge in [-0.3, -0.25) is 0 Å². The molecule has 0 saturated carbocycles. The fourth-order valence-electron chi connectivity index (χ4n) is 2.96. The zero-order valence-electron chi connectivity index (χ0n) is 7.70. The van der Waals surface area contributed by atoms with Crippen molar-refractivity contribution in [2.75, 3.05) is 6.61 Å². The molecule has 1 saturated heterocycles. The first-order valence-corrected chi connectivity index (χ1v) is 4.92. The van der Waals surface area contributed by atoms with Gasteiger partial charge < -0.3 is 9.53 Å². The zero-order valence-corrected chi connectivity index (χ0v) is 7.70. The van der Waals surface area contributed by atoms with Gasteiger partial charge in [0, 0.05) is 6.61 Å². The van der Waals surface area contributed by atoms with Crippen molar-refractivity contribution in [1.82, 2.24) is 0 Å². The Morgan fingerprint density at radius 1 is 1.64 bits per heavy atom. The quantitative estimate of drug-likeness (QED) is 0.469. The number of ether oxygens (including phenoxy) is 1. The number of hydrogen-bond donors (Lipinski definition) is 0. The van der Waals surface area contributed by atoms with E-state index in [0.717, 1.165) is 12.8 Å². The summed E-state index contributed by atoms with van der Waals surface area (Å²) < 4.78 is 19.0. The van der Waals surface area contributed by atoms with E-state index in [2.05, 4.69) is 0 Å². The first kappa shape index (κ1) is 8.36. The van der Waals surface area contributed by atoms with Crippen LogP contribution in [0.3, 0.4) is 0 Å². The summed E-state index contributed by atoms with van der Waals surface area (Å²) in [6.07, 6.45) is 7.55. The molecular weight excluding hydrogens is 183 g/mol. The fraction of sp³-hybridized carbons (Fsp3) is 0.545. The molecule has 0 amide bonds. The number of carbonyl (C=O) groups excluding carboxylic acids is 1. The van der Waals surface area contributed by atoms with Crippen LogP contribution in [-0.2, 0) is 9.53 Å². The van der Waals surface area contributed by atoms with Crippen LogP contribution < -0.4 is 0 Å². The average molecular weight is 194 g/mol. The molecule has 3 unspecified atom stereocenters. The smallest absolute Gasteiger partial charge is 0.140 e. The van der Waals surface area contributed by atoms with Gasteiger partial charge in [-0.15, -0.1) is 0 Å². The number of halogens is 1. The van der Waals surface area contributed by atoms with Crippen LogP contribution in [0.15, 0.2) is 24.1 Å². The summed E-state index contributed by atoms with van der Waals surface area (Å²) in [7, 11) is 0. The van der Waals surface area contributed by atoms with E-state index >= 15 is 0 Å². The van der Waals surface area contributed by atoms with Gasteiger partial charge >= 0.3 is 0 Å². The molecule has 3 heteroatoms. The molecule has 2 aliphatic carbocycles. The van der Waals surface area contributed by atoms with Crippen molar-refractivity contribution in [3.05, 3.63) is 24.1 Å². The summed E-state index contributed by atoms with van der Waals surface area (Å²) in [5.41, 5.74) is -1.74. The van der Waals surface area contributed by atoms with E-state index in [1.807, 2.05) is 6.08 Å². The van der Waals surface area contributed by atoms with Crippen molar-refractivity contribution >= 4 is 6.29 Å². The van der Waals surface area contributed by atoms with E-state index in [0.29, 0.717) is 12.9 Å². The van der Waals surface area contributed by atoms with Gasteiger partial charge in [-0.2, -0.15) is 0 Å². The molecule has 0 N–H and O–H groups in total. The first-order chi connectivity index (χ1) is 6.75. The molecule has 0 bridgehead atoms. The largest absolute Gasteiger partial charge is 0.369 e. The SMILES string of the molecule is O=CC12C=CCC3CCOC31C=C2F. The Hall–Kier alpha value is -0.960. The Labute approximate surface area is 81.4 Å². The van der Waals surface area contributed by atoms with Crippen LogP contribution in [0.1, 0.15) is 12.8 Å². The fourth-order valence-corrected chi connectivity index (χ4v) is 2.96. The van der Waals surface area contributed by atoms with Crippen LogP contribution in [-0.4, -0.2) is 18.5 Å². The number of carbonyl (C=O) groups is 1. The third-order valence-corrected chi connectivity index (χ3v) is 3.78. The molecule has 0 radical (unpaired) electrons. The van der Waals surface area contributed by atoms with Gasteiger partial charge in [-0.1, -0.05) is 12.2 Å². The Kier molecular flexibility index (Phi) is 1.40. The second-order valence-electron chi connectivity index (χ2n) is 4.24. The molecule has 0 aromatic rings. The highest BCUT2D eigenvalue weighted by atomic mass is 19.1. The van der Waals surface area contributed by atoms with E-state index in [9.17, 15) is 9.18 Å². The lowest BCUT2D eigenvalue weighted by atomic mass is 9.55. The number of rotatable bonds is 1. The minimum Gasteiger partial charge on any atom is -0.369 e. The highest BCUT2D eigenvalue weighted by Crippen LogP contribution is 2.61. The van der Waals surface area contributed by atoms with Crippen molar-refractivity contribution < 1.29 is 13.9 Å². The van der Waals surface area contributed by atoms with Crippen LogP contribution in [0.4, 0.5) is 4.39 Å². The predicted octanol–water partition coefficient (Wildman–Crippen LogP) is 1.77. The van der Waals surface area contributed by atoms with E-state index in [4.69, 9.17) is 4.74 Å². The van der Waals surface area contributed by atoms with Crippen molar-refractivity contribution in [2.45, 2.75) is 18.4 Å². The summed E-state index contributed by atoms with van der Waals surface area (Å²) in [5.74, 6) is -0.0763. The second-order valence-corrected chi connectivity index (χ2v) is 4.24. The monoisotopic (exact) mass is 194 g/mol. The Morgan fingerprint density at radius 2 is 2.50 bits per heavy atom. The lowest BCUT2D eigenvalue weighted by Crippen LogP contribution is -2.59. The lowest BCUT2D eigenvalue weighted by molar-refractivity contribution is -0.134. The zero-order chi connectivity index (χ0) is 9.81. The second kappa shape index (κ2) is 2.34. The summed E-state index contributed by atoms with van der Waals surface area (Å²) >= 11 is 0. The minimum absolute atomic E-state index is 0.275. The number of aldehydes is 1. The molecule has 1 spiro atoms. The van der Waals surface area contributed by atoms with E-state index in [1.165, 1.54) is 6.08 Å². The molecule has 1 fully saturated rings. The maximum absolute atomic E-state index is 13.4. The predicted molar refractivity (Wildman–Crippen MR) is 48.2 cm³/mol. The summed E-state index contributed by atoms with van der Waals surface area (Å²) in [5, 5.41) is 0. The molecule has 0 aromatic carbocycles. The van der Waals surface area contributed by atoms with Crippen molar-refractivity contribution in [1.29, 1.82) is 0 Å². The molecule has 3 rings (SSSR count). The molecular formula is C11H11FO2. The molecule has 3 atom stereocenters. The summed E-state index contributed by atoms with van der Waals surface area (Å²) in [6.45, 7) is 0.631. The van der Waals surface area contributed by atoms with Crippen LogP contribution in [0.2, 0.25) is 0 Å². The molecule has 1 heterocycles. The normalized spacial score (nSPS) is 48.9. The lowest BCUT2D eigenvalue weighted by Gasteiger charge is -2.52. The van der Waals surface area contributed by atoms with Gasteiger partial charge in [0.05, 0.1) is 0 Å². The van der Waals surface area contributed by atoms with Crippen molar-refractivity contribution in [2.24, 2.45) is 11.3 Å². The molecule has 0 aromatic heterocycles. The van der Waals surface area contributed by atoms with Gasteiger partial charge in [0.1, 0.15) is 23.1 Å². The maximum Gasteiger partial charge on any atom is 0.140 e. The molecule has 74 valence electrons. The van der Waals surface area contributed by atoms with Gasteiger partial charge in [0.15, 0.2) is 0 Å². The van der Waals surface area contributed by atoms with Crippen LogP contribution in [0.25, 0.3) is 0 Å². The highest BCUT2D eigenvalue weighted by molar-refractivity contribution is 5.76. The van der Waals surface area contributed by atoms with Gasteiger partial charge in [0.25, 0.3) is 0 Å². The number of allylic oxidation sites excluding steroid dienone is 1. The Bertz CT molecular complexity index is 360. The molecule has 2 nitrogen and oxygen atoms in total. The summed E-state index contributed by atoms with van der Waals surface area (Å²) in [4.78, 5) is 11.1. The number of hydrogen-bond acceptors (Lipinski definition) is 2. The Balaban J connectivity index is 2.18. The van der Waals surface area contributed by atoms with Gasteiger partial charge in [-0.25, -0.2) is 4.39 Å². The van der Waals surface area contributed by atoms with Crippen LogP contribution >= 0.6 is 0 Å². The third kappa shape index (κ3) is 0.630. The Morgan fingerprint density at radius 3 is 3.21 bits per heavy atom. The molecule has 1 aliphatic heterocycles. The van der Waals surface area contributed by atoms with E-state index < -0.39 is 11.0 Å². The van der Waals surface area contributed by atoms with Crippen molar-refractivity contribution in [3.63, 3.8) is 0 Å². The van der Waals surface area contributed by atoms with E-state index in [-0.39, 0.29) is 11.7 Å². The van der Waals surface area contributed by atoms with Crippen molar-refractivity contribution in [3.8, 4) is 0 Å². The van der Waals surface area contributed by atoms with Crippen LogP contribution in [0.5, 0.6) is 0 Å². The van der Waals surface area contributed by atoms with Gasteiger partial charge in [-0.05, 0) is 24.8 Å². The van der Waals surface area contributed by atoms with Crippen LogP contribution in [0, 0.1) is 11.3 Å². The minimum atomic E-state index is -1.09. The maximum atomic E-state index is 13.4. The third-order valence-electron chi connectivity index (χ3n) is 3.78. The highest BCUT2D eigenvalue weighted by Gasteiger charge is 2.67. The topological polar surface area (TPSA) is 26.3 Å². The average Bonchev–Trinajstić information content (AvgIpc) is 2.60. The van der Waals surface area contributed by atoms with Gasteiger partial charge in [0.2, 0.25) is 0 Å². The van der Waals surface area contributed by atoms with E-state index in [1.54, 1.807) is 6.08 Å². The summed E-state index contributed by atoms with van der Waals surface area (Å²) in [6, 6.07) is 0. The molecule has 3 aliphatic rings. The first-order valence-electron chi connectivity index (χ1n) is 4.92.